The van der Waals surface area contributed by atoms with Gasteiger partial charge in [0, 0.05) is 5.56 Å². The molecule has 0 atom stereocenters. The molecule has 70 valence electrons. The first-order valence-corrected chi connectivity index (χ1v) is 3.90. The molecule has 1 aromatic carbocycles. The lowest BCUT2D eigenvalue weighted by atomic mass is 10.2. The van der Waals surface area contributed by atoms with Crippen LogP contribution >= 0.6 is 0 Å². The number of hydrogen-bond donors (Lipinski definition) is 0. The highest BCUT2D eigenvalue weighted by molar-refractivity contribution is 5.56. The van der Waals surface area contributed by atoms with Crippen molar-refractivity contribution >= 4 is 6.08 Å². The van der Waals surface area contributed by atoms with E-state index in [0.29, 0.717) is 5.56 Å². The van der Waals surface area contributed by atoms with Gasteiger partial charge in [0.1, 0.15) is 5.75 Å². The van der Waals surface area contributed by atoms with Crippen molar-refractivity contribution in [3.8, 4) is 5.75 Å². The summed E-state index contributed by atoms with van der Waals surface area (Å²) in [5.41, 5.74) is 0.658. The van der Waals surface area contributed by atoms with Crippen molar-refractivity contribution in [3.63, 3.8) is 0 Å². The molecule has 13 heavy (non-hydrogen) atoms. The third kappa shape index (κ3) is 2.86. The van der Waals surface area contributed by atoms with E-state index in [1.165, 1.54) is 6.07 Å². The second kappa shape index (κ2) is 4.60. The van der Waals surface area contributed by atoms with Crippen LogP contribution in [-0.4, -0.2) is 6.61 Å². The SMILES string of the molecule is CC=Cc1ccccc1OC(F)F. The van der Waals surface area contributed by atoms with E-state index >= 15 is 0 Å². The van der Waals surface area contributed by atoms with Crippen molar-refractivity contribution in [2.45, 2.75) is 13.5 Å². The van der Waals surface area contributed by atoms with Gasteiger partial charge in [-0.2, -0.15) is 8.78 Å². The van der Waals surface area contributed by atoms with Crippen LogP contribution in [-0.2, 0) is 0 Å². The van der Waals surface area contributed by atoms with Crippen molar-refractivity contribution in [3.05, 3.63) is 35.9 Å². The Morgan fingerprint density at radius 3 is 2.62 bits per heavy atom. The van der Waals surface area contributed by atoms with Crippen molar-refractivity contribution < 1.29 is 13.5 Å². The predicted octanol–water partition coefficient (Wildman–Crippen LogP) is 3.32. The molecule has 0 bridgehead atoms. The monoisotopic (exact) mass is 184 g/mol. The van der Waals surface area contributed by atoms with E-state index in [9.17, 15) is 8.78 Å². The lowest BCUT2D eigenvalue weighted by molar-refractivity contribution is -0.0499. The van der Waals surface area contributed by atoms with Crippen LogP contribution in [0.1, 0.15) is 12.5 Å². The first-order valence-electron chi connectivity index (χ1n) is 3.90. The summed E-state index contributed by atoms with van der Waals surface area (Å²) in [6.45, 7) is -0.953. The quantitative estimate of drug-likeness (QED) is 0.700. The Balaban J connectivity index is 2.90. The fourth-order valence-corrected chi connectivity index (χ4v) is 1.00. The Labute approximate surface area is 75.6 Å². The smallest absolute Gasteiger partial charge is 0.387 e. The Morgan fingerprint density at radius 1 is 1.31 bits per heavy atom. The number of benzene rings is 1. The normalized spacial score (nSPS) is 11.1. The minimum Gasteiger partial charge on any atom is -0.434 e. The number of ether oxygens (including phenoxy) is 1. The Kier molecular flexibility index (Phi) is 3.43. The molecular weight excluding hydrogens is 174 g/mol. The summed E-state index contributed by atoms with van der Waals surface area (Å²) in [6, 6.07) is 6.66. The maximum Gasteiger partial charge on any atom is 0.387 e. The van der Waals surface area contributed by atoms with Crippen LogP contribution in [0.15, 0.2) is 30.3 Å². The highest BCUT2D eigenvalue weighted by Gasteiger charge is 2.06. The minimum absolute atomic E-state index is 0.204. The highest BCUT2D eigenvalue weighted by Crippen LogP contribution is 2.21. The van der Waals surface area contributed by atoms with Gasteiger partial charge in [-0.25, -0.2) is 0 Å². The summed E-state index contributed by atoms with van der Waals surface area (Å²) in [6.07, 6.45) is 3.49. The average molecular weight is 184 g/mol. The van der Waals surface area contributed by atoms with E-state index in [4.69, 9.17) is 0 Å². The zero-order chi connectivity index (χ0) is 9.68. The van der Waals surface area contributed by atoms with Crippen LogP contribution in [0.4, 0.5) is 8.78 Å². The standard InChI is InChI=1S/C10H10F2O/c1-2-5-8-6-3-4-7-9(8)13-10(11)12/h2-7,10H,1H3. The van der Waals surface area contributed by atoms with E-state index in [1.807, 2.05) is 6.92 Å². The predicted molar refractivity (Wildman–Crippen MR) is 47.8 cm³/mol. The average Bonchev–Trinajstić information content (AvgIpc) is 2.08. The molecule has 0 radical (unpaired) electrons. The molecule has 1 aromatic rings. The summed E-state index contributed by atoms with van der Waals surface area (Å²) in [7, 11) is 0. The molecule has 0 saturated heterocycles. The zero-order valence-electron chi connectivity index (χ0n) is 7.21. The third-order valence-electron chi connectivity index (χ3n) is 1.48. The van der Waals surface area contributed by atoms with Gasteiger partial charge in [-0.3, -0.25) is 0 Å². The minimum atomic E-state index is -2.77. The molecule has 0 amide bonds. The Hall–Kier alpha value is -1.38. The number of alkyl halides is 2. The van der Waals surface area contributed by atoms with Crippen LogP contribution in [0.5, 0.6) is 5.75 Å². The first kappa shape index (κ1) is 9.71. The molecule has 1 nitrogen and oxygen atoms in total. The van der Waals surface area contributed by atoms with Crippen LogP contribution < -0.4 is 4.74 Å². The molecule has 0 aliphatic heterocycles. The van der Waals surface area contributed by atoms with Crippen LogP contribution in [0.3, 0.4) is 0 Å². The lowest BCUT2D eigenvalue weighted by Gasteiger charge is -2.06. The zero-order valence-corrected chi connectivity index (χ0v) is 7.21. The number of hydrogen-bond acceptors (Lipinski definition) is 1. The lowest BCUT2D eigenvalue weighted by Crippen LogP contribution is -2.02. The molecule has 0 aliphatic rings. The van der Waals surface area contributed by atoms with E-state index in [1.54, 1.807) is 30.4 Å². The molecule has 0 spiro atoms. The Bertz CT molecular complexity index is 295. The van der Waals surface area contributed by atoms with Gasteiger partial charge >= 0.3 is 6.61 Å². The van der Waals surface area contributed by atoms with Crippen molar-refractivity contribution in [2.75, 3.05) is 0 Å². The largest absolute Gasteiger partial charge is 0.434 e. The van der Waals surface area contributed by atoms with Gasteiger partial charge in [0.05, 0.1) is 0 Å². The van der Waals surface area contributed by atoms with Crippen molar-refractivity contribution in [2.24, 2.45) is 0 Å². The number of allylic oxidation sites excluding steroid dienone is 1. The number of halogens is 2. The summed E-state index contributed by atoms with van der Waals surface area (Å²) >= 11 is 0. The highest BCUT2D eigenvalue weighted by atomic mass is 19.3. The molecule has 0 saturated carbocycles. The van der Waals surface area contributed by atoms with E-state index < -0.39 is 6.61 Å². The van der Waals surface area contributed by atoms with Gasteiger partial charge in [0.25, 0.3) is 0 Å². The van der Waals surface area contributed by atoms with Gasteiger partial charge in [0.15, 0.2) is 0 Å². The summed E-state index contributed by atoms with van der Waals surface area (Å²) in [5.74, 6) is 0.204. The first-order chi connectivity index (χ1) is 6.24. The molecule has 0 heterocycles. The summed E-state index contributed by atoms with van der Waals surface area (Å²) < 4.78 is 28.1. The number of rotatable bonds is 3. The van der Waals surface area contributed by atoms with E-state index in [0.717, 1.165) is 0 Å². The van der Waals surface area contributed by atoms with Crippen LogP contribution in [0.25, 0.3) is 6.08 Å². The second-order valence-electron chi connectivity index (χ2n) is 2.42. The van der Waals surface area contributed by atoms with E-state index in [2.05, 4.69) is 4.74 Å². The fraction of sp³-hybridized carbons (Fsp3) is 0.200. The van der Waals surface area contributed by atoms with E-state index in [-0.39, 0.29) is 5.75 Å². The summed E-state index contributed by atoms with van der Waals surface area (Å²) in [5, 5.41) is 0. The fourth-order valence-electron chi connectivity index (χ4n) is 1.00. The van der Waals surface area contributed by atoms with Gasteiger partial charge < -0.3 is 4.74 Å². The van der Waals surface area contributed by atoms with Gasteiger partial charge in [-0.1, -0.05) is 30.4 Å². The molecular formula is C10H10F2O. The molecule has 0 aromatic heterocycles. The molecule has 1 rings (SSSR count). The van der Waals surface area contributed by atoms with Gasteiger partial charge in [0.2, 0.25) is 0 Å². The molecule has 0 aliphatic carbocycles. The van der Waals surface area contributed by atoms with Gasteiger partial charge in [-0.15, -0.1) is 0 Å². The Morgan fingerprint density at radius 2 is 2.00 bits per heavy atom. The van der Waals surface area contributed by atoms with Crippen LogP contribution in [0.2, 0.25) is 0 Å². The molecule has 0 unspecified atom stereocenters. The topological polar surface area (TPSA) is 9.23 Å². The maximum atomic E-state index is 11.9. The molecule has 0 fully saturated rings. The van der Waals surface area contributed by atoms with Crippen molar-refractivity contribution in [1.29, 1.82) is 0 Å². The second-order valence-corrected chi connectivity index (χ2v) is 2.42. The van der Waals surface area contributed by atoms with Gasteiger partial charge in [-0.05, 0) is 13.0 Å². The third-order valence-corrected chi connectivity index (χ3v) is 1.48. The number of para-hydroxylation sites is 1. The summed E-state index contributed by atoms with van der Waals surface area (Å²) in [4.78, 5) is 0. The molecule has 3 heteroatoms. The van der Waals surface area contributed by atoms with Crippen LogP contribution in [0, 0.1) is 0 Å². The van der Waals surface area contributed by atoms with Crippen molar-refractivity contribution in [1.82, 2.24) is 0 Å². The maximum absolute atomic E-state index is 11.9. The molecule has 0 N–H and O–H groups in total.